The first-order valence-corrected chi connectivity index (χ1v) is 11.4. The summed E-state index contributed by atoms with van der Waals surface area (Å²) in [5.74, 6) is -4.44. The van der Waals surface area contributed by atoms with Crippen LogP contribution in [0.4, 0.5) is 0 Å². The highest BCUT2D eigenvalue weighted by atomic mass is 16.3. The molecular formula is C23H26N7O9+. The van der Waals surface area contributed by atoms with Gasteiger partial charge in [0.25, 0.3) is 34.4 Å². The van der Waals surface area contributed by atoms with E-state index in [0.717, 1.165) is 31.9 Å². The second-order valence-corrected chi connectivity index (χ2v) is 8.21. The van der Waals surface area contributed by atoms with Crippen molar-refractivity contribution < 1.29 is 34.5 Å². The quantitative estimate of drug-likeness (QED) is 0.119. The minimum absolute atomic E-state index is 0.206. The van der Waals surface area contributed by atoms with Crippen molar-refractivity contribution in [3.63, 3.8) is 0 Å². The monoisotopic (exact) mass is 544 g/mol. The number of carbonyl (C=O) groups excluding carboxylic acids is 3. The van der Waals surface area contributed by atoms with E-state index in [0.29, 0.717) is 0 Å². The molecule has 0 aliphatic carbocycles. The Labute approximate surface area is 219 Å². The number of rotatable bonds is 10. The number of aromatic nitrogens is 3. The molecule has 0 aromatic carbocycles. The summed E-state index contributed by atoms with van der Waals surface area (Å²) in [5.41, 5.74) is 4.56. The Morgan fingerprint density at radius 3 is 1.18 bits per heavy atom. The number of hydrogen-bond acceptors (Lipinski definition) is 9. The summed E-state index contributed by atoms with van der Waals surface area (Å²) in [6.45, 7) is -0.574. The molecule has 0 spiro atoms. The molecular weight excluding hydrogens is 518 g/mol. The first-order chi connectivity index (χ1) is 18.4. The molecule has 6 N–H and O–H groups in total. The van der Waals surface area contributed by atoms with E-state index in [1.165, 1.54) is 43.7 Å². The minimum Gasteiger partial charge on any atom is -0.503 e. The van der Waals surface area contributed by atoms with Gasteiger partial charge in [-0.1, -0.05) is 0 Å². The van der Waals surface area contributed by atoms with Crippen LogP contribution in [0.5, 0.6) is 17.2 Å². The van der Waals surface area contributed by atoms with Gasteiger partial charge < -0.3 is 29.0 Å². The number of aromatic hydroxyl groups is 3. The molecule has 3 heterocycles. The van der Waals surface area contributed by atoms with E-state index >= 15 is 0 Å². The van der Waals surface area contributed by atoms with Gasteiger partial charge in [0, 0.05) is 18.6 Å². The number of nitrogens with zero attached hydrogens (tertiary/aromatic N) is 4. The molecule has 0 aliphatic heterocycles. The van der Waals surface area contributed by atoms with Gasteiger partial charge in [0.2, 0.25) is 0 Å². The summed E-state index contributed by atoms with van der Waals surface area (Å²) in [6.07, 6.45) is 3.71. The molecule has 0 unspecified atom stereocenters. The zero-order valence-corrected chi connectivity index (χ0v) is 20.6. The third-order valence-electron chi connectivity index (χ3n) is 5.36. The van der Waals surface area contributed by atoms with Crippen molar-refractivity contribution in [2.24, 2.45) is 0 Å². The second kappa shape index (κ2) is 11.8. The zero-order chi connectivity index (χ0) is 28.7. The molecule has 206 valence electrons. The Hall–Kier alpha value is -5.38. The molecule has 0 bridgehead atoms. The predicted octanol–water partition coefficient (Wildman–Crippen LogP) is -2.38. The fourth-order valence-electron chi connectivity index (χ4n) is 3.48. The van der Waals surface area contributed by atoms with E-state index in [1.807, 2.05) is 0 Å². The lowest BCUT2D eigenvalue weighted by Gasteiger charge is -2.34. The standard InChI is InChI=1S/C23H25N7O9/c1-2-30(24-18(34)12-27-9-3-6-15(31)21(27)37,25-19(35)13-28-10-4-7-16(32)22(28)38)26-20(36)14-29-11-5-8-17(33)23(29)39/h3-11H,2,12-14H2,1H3,(H5-,24,25,26,31,32,33,34,35,36)/p+1. The molecule has 0 aliphatic rings. The molecule has 39 heavy (non-hydrogen) atoms. The van der Waals surface area contributed by atoms with Crippen LogP contribution in [0, 0.1) is 0 Å². The SMILES string of the molecule is CC[N+](NC(=O)Cn1cccc(O)c1=O)(NC(=O)Cn1cccc(O)c1=O)NC(=O)Cn1cccc(O)c1=O. The first-order valence-electron chi connectivity index (χ1n) is 11.4. The van der Waals surface area contributed by atoms with Gasteiger partial charge in [-0.3, -0.25) is 28.8 Å². The Kier molecular flexibility index (Phi) is 8.52. The summed E-state index contributed by atoms with van der Waals surface area (Å²) in [6, 6.07) is 7.39. The molecule has 3 aromatic rings. The maximum atomic E-state index is 12.9. The van der Waals surface area contributed by atoms with Crippen molar-refractivity contribution in [1.29, 1.82) is 0 Å². The van der Waals surface area contributed by atoms with Crippen LogP contribution in [0.3, 0.4) is 0 Å². The topological polar surface area (TPSA) is 214 Å². The van der Waals surface area contributed by atoms with Gasteiger partial charge in [0.1, 0.15) is 26.2 Å². The van der Waals surface area contributed by atoms with Crippen molar-refractivity contribution in [3.05, 3.63) is 86.1 Å². The maximum absolute atomic E-state index is 12.9. The summed E-state index contributed by atoms with van der Waals surface area (Å²) in [4.78, 5) is 73.8. The highest BCUT2D eigenvalue weighted by Crippen LogP contribution is 2.02. The van der Waals surface area contributed by atoms with Crippen molar-refractivity contribution in [3.8, 4) is 17.2 Å². The fraction of sp³-hybridized carbons (Fsp3) is 0.217. The minimum atomic E-state index is -1.12. The van der Waals surface area contributed by atoms with Gasteiger partial charge in [0.15, 0.2) is 17.2 Å². The average Bonchev–Trinajstić information content (AvgIpc) is 2.87. The summed E-state index contributed by atoms with van der Waals surface area (Å²) >= 11 is 0. The number of pyridine rings is 3. The van der Waals surface area contributed by atoms with Gasteiger partial charge in [0.05, 0.1) is 0 Å². The Morgan fingerprint density at radius 1 is 0.641 bits per heavy atom. The zero-order valence-electron chi connectivity index (χ0n) is 20.6. The third-order valence-corrected chi connectivity index (χ3v) is 5.36. The van der Waals surface area contributed by atoms with E-state index in [2.05, 4.69) is 16.3 Å². The number of quaternary nitrogens is 1. The number of carbonyl (C=O) groups is 3. The summed E-state index contributed by atoms with van der Waals surface area (Å²) < 4.78 is 2.66. The third kappa shape index (κ3) is 6.89. The highest BCUT2D eigenvalue weighted by molar-refractivity contribution is 5.78. The van der Waals surface area contributed by atoms with Gasteiger partial charge in [-0.15, -0.1) is 16.3 Å². The van der Waals surface area contributed by atoms with E-state index < -0.39 is 76.1 Å². The lowest BCUT2D eigenvalue weighted by Crippen LogP contribution is -2.77. The van der Waals surface area contributed by atoms with Crippen molar-refractivity contribution >= 4 is 17.7 Å². The molecule has 3 rings (SSSR count). The lowest BCUT2D eigenvalue weighted by atomic mass is 10.4. The van der Waals surface area contributed by atoms with Gasteiger partial charge in [-0.25, -0.2) is 0 Å². The summed E-state index contributed by atoms with van der Waals surface area (Å²) in [5, 5.41) is 28.9. The number of hydrogen-bond donors (Lipinski definition) is 6. The molecule has 3 amide bonds. The Bertz CT molecular complexity index is 1390. The summed E-state index contributed by atoms with van der Waals surface area (Å²) in [7, 11) is 0. The highest BCUT2D eigenvalue weighted by Gasteiger charge is 2.35. The van der Waals surface area contributed by atoms with Gasteiger partial charge in [-0.2, -0.15) is 0 Å². The van der Waals surface area contributed by atoms with Crippen LogP contribution in [0.25, 0.3) is 0 Å². The molecule has 0 atom stereocenters. The second-order valence-electron chi connectivity index (χ2n) is 8.21. The molecule has 0 fully saturated rings. The van der Waals surface area contributed by atoms with Crippen molar-refractivity contribution in [2.45, 2.75) is 26.6 Å². The maximum Gasteiger partial charge on any atom is 0.293 e. The van der Waals surface area contributed by atoms with Crippen LogP contribution in [-0.4, -0.2) is 58.1 Å². The fourth-order valence-corrected chi connectivity index (χ4v) is 3.48. The molecule has 0 radical (unpaired) electrons. The van der Waals surface area contributed by atoms with E-state index in [9.17, 15) is 44.1 Å². The Morgan fingerprint density at radius 2 is 0.923 bits per heavy atom. The molecule has 0 saturated carbocycles. The van der Waals surface area contributed by atoms with Crippen LogP contribution >= 0.6 is 0 Å². The lowest BCUT2D eigenvalue weighted by molar-refractivity contribution is -1.02. The van der Waals surface area contributed by atoms with E-state index in [-0.39, 0.29) is 6.54 Å². The van der Waals surface area contributed by atoms with Crippen LogP contribution < -0.4 is 33.0 Å². The van der Waals surface area contributed by atoms with E-state index in [1.54, 1.807) is 0 Å². The van der Waals surface area contributed by atoms with Gasteiger partial charge >= 0.3 is 0 Å². The number of amides is 3. The van der Waals surface area contributed by atoms with Crippen LogP contribution in [0.15, 0.2) is 69.4 Å². The van der Waals surface area contributed by atoms with Crippen LogP contribution in [0.2, 0.25) is 0 Å². The van der Waals surface area contributed by atoms with Crippen LogP contribution in [0.1, 0.15) is 6.92 Å². The van der Waals surface area contributed by atoms with Crippen LogP contribution in [-0.2, 0) is 34.0 Å². The van der Waals surface area contributed by atoms with E-state index in [4.69, 9.17) is 0 Å². The van der Waals surface area contributed by atoms with Gasteiger partial charge in [-0.05, 0) is 48.1 Å². The normalized spacial score (nSPS) is 11.0. The molecule has 3 aromatic heterocycles. The Balaban J connectivity index is 1.87. The smallest absolute Gasteiger partial charge is 0.293 e. The molecule has 0 saturated heterocycles. The predicted molar refractivity (Wildman–Crippen MR) is 132 cm³/mol. The molecule has 16 nitrogen and oxygen atoms in total. The average molecular weight is 545 g/mol. The largest absolute Gasteiger partial charge is 0.503 e. The molecule has 16 heteroatoms. The first kappa shape index (κ1) is 28.2. The van der Waals surface area contributed by atoms with Crippen molar-refractivity contribution in [1.82, 2.24) is 30.0 Å². The van der Waals surface area contributed by atoms with Crippen molar-refractivity contribution in [2.75, 3.05) is 6.54 Å². The number of nitrogens with one attached hydrogen (secondary N) is 3.